The number of nitrogens with zero attached hydrogens (tertiary/aromatic N) is 3. The molecule has 2 fully saturated rings. The zero-order chi connectivity index (χ0) is 21.8. The molecule has 2 saturated heterocycles. The van der Waals surface area contributed by atoms with Gasteiger partial charge in [-0.1, -0.05) is 24.3 Å². The van der Waals surface area contributed by atoms with Gasteiger partial charge in [0, 0.05) is 44.6 Å². The Kier molecular flexibility index (Phi) is 6.44. The number of carbonyl (C=O) groups excluding carboxylic acids is 2. The highest BCUT2D eigenvalue weighted by molar-refractivity contribution is 5.94. The van der Waals surface area contributed by atoms with Crippen LogP contribution in [0.25, 0.3) is 0 Å². The number of carbonyl (C=O) groups is 3. The molecule has 1 N–H and O–H groups in total. The van der Waals surface area contributed by atoms with Crippen molar-refractivity contribution in [1.82, 2.24) is 14.8 Å². The van der Waals surface area contributed by atoms with Crippen LogP contribution in [0.2, 0.25) is 0 Å². The number of halogens is 1. The number of likely N-dealkylation sites (tertiary alicyclic amines) is 2. The molecule has 0 radical (unpaired) electrons. The van der Waals surface area contributed by atoms with Crippen molar-refractivity contribution in [3.8, 4) is 0 Å². The van der Waals surface area contributed by atoms with Crippen LogP contribution < -0.4 is 0 Å². The van der Waals surface area contributed by atoms with E-state index in [1.54, 1.807) is 11.8 Å². The molecule has 2 aliphatic rings. The maximum Gasteiger partial charge on any atom is 0.290 e. The zero-order valence-corrected chi connectivity index (χ0v) is 16.9. The fourth-order valence-corrected chi connectivity index (χ4v) is 4.56. The molecule has 7 nitrogen and oxygen atoms in total. The van der Waals surface area contributed by atoms with Crippen molar-refractivity contribution in [2.45, 2.75) is 19.9 Å². The van der Waals surface area contributed by atoms with Gasteiger partial charge in [-0.05, 0) is 24.1 Å². The van der Waals surface area contributed by atoms with E-state index in [-0.39, 0.29) is 41.7 Å². The Hall–Kier alpha value is -3.29. The van der Waals surface area contributed by atoms with Crippen LogP contribution in [-0.4, -0.2) is 57.8 Å². The maximum atomic E-state index is 13.4. The minimum absolute atomic E-state index is 0.0304. The van der Waals surface area contributed by atoms with Gasteiger partial charge in [0.05, 0.1) is 17.8 Å². The van der Waals surface area contributed by atoms with Crippen molar-refractivity contribution in [2.75, 3.05) is 19.6 Å². The lowest BCUT2D eigenvalue weighted by Gasteiger charge is -2.30. The Bertz CT molecular complexity index is 951. The van der Waals surface area contributed by atoms with Crippen molar-refractivity contribution in [3.63, 3.8) is 0 Å². The van der Waals surface area contributed by atoms with Gasteiger partial charge in [-0.15, -0.1) is 0 Å². The van der Waals surface area contributed by atoms with Crippen molar-refractivity contribution in [1.29, 1.82) is 0 Å². The van der Waals surface area contributed by atoms with E-state index in [1.807, 2.05) is 17.0 Å². The Morgan fingerprint density at radius 3 is 2.53 bits per heavy atom. The third kappa shape index (κ3) is 4.17. The van der Waals surface area contributed by atoms with Gasteiger partial charge in [0.25, 0.3) is 12.4 Å². The second-order valence-electron chi connectivity index (χ2n) is 7.60. The number of carboxylic acid groups (broad SMARTS) is 1. The second kappa shape index (κ2) is 9.02. The van der Waals surface area contributed by atoms with E-state index in [0.717, 1.165) is 17.3 Å². The molecule has 2 aromatic rings. The fourth-order valence-electron chi connectivity index (χ4n) is 4.56. The summed E-state index contributed by atoms with van der Waals surface area (Å²) in [4.78, 5) is 40.9. The van der Waals surface area contributed by atoms with E-state index >= 15 is 0 Å². The van der Waals surface area contributed by atoms with Crippen LogP contribution in [-0.2, 0) is 9.59 Å². The van der Waals surface area contributed by atoms with Gasteiger partial charge < -0.3 is 14.9 Å². The fraction of sp³-hybridized carbons (Fsp3) is 0.364. The SMILES string of the molecule is CC(=O)N1C[C@H]2CN(C(=O)c3cncc(F)c3)C[C@H]2[C@@H]1c1ccccc1C.O=CO. The number of amides is 2. The lowest BCUT2D eigenvalue weighted by atomic mass is 9.87. The minimum atomic E-state index is -0.513. The number of benzene rings is 1. The normalized spacial score (nSPS) is 22.2. The largest absolute Gasteiger partial charge is 0.483 e. The highest BCUT2D eigenvalue weighted by atomic mass is 19.1. The van der Waals surface area contributed by atoms with Gasteiger partial charge in [0.1, 0.15) is 5.82 Å². The summed E-state index contributed by atoms with van der Waals surface area (Å²) in [5.41, 5.74) is 2.56. The molecule has 8 heteroatoms. The average molecular weight is 413 g/mol. The Balaban J connectivity index is 0.000000806. The molecule has 30 heavy (non-hydrogen) atoms. The molecule has 0 aliphatic carbocycles. The van der Waals surface area contributed by atoms with Gasteiger partial charge in [-0.2, -0.15) is 0 Å². The summed E-state index contributed by atoms with van der Waals surface area (Å²) in [6.07, 6.45) is 2.49. The van der Waals surface area contributed by atoms with E-state index in [0.29, 0.717) is 19.6 Å². The minimum Gasteiger partial charge on any atom is -0.483 e. The van der Waals surface area contributed by atoms with Crippen LogP contribution in [0, 0.1) is 24.6 Å². The lowest BCUT2D eigenvalue weighted by molar-refractivity contribution is -0.130. The Labute approximate surface area is 174 Å². The monoisotopic (exact) mass is 413 g/mol. The van der Waals surface area contributed by atoms with E-state index in [4.69, 9.17) is 9.90 Å². The first-order valence-electron chi connectivity index (χ1n) is 9.67. The number of pyridine rings is 1. The number of fused-ring (bicyclic) bond motifs is 1. The molecule has 0 spiro atoms. The summed E-state index contributed by atoms with van der Waals surface area (Å²) in [7, 11) is 0. The Morgan fingerprint density at radius 2 is 1.90 bits per heavy atom. The second-order valence-corrected chi connectivity index (χ2v) is 7.60. The summed E-state index contributed by atoms with van der Waals surface area (Å²) in [6, 6.07) is 9.30. The quantitative estimate of drug-likeness (QED) is 0.764. The lowest BCUT2D eigenvalue weighted by Crippen LogP contribution is -2.36. The first-order valence-corrected chi connectivity index (χ1v) is 9.67. The van der Waals surface area contributed by atoms with Crippen LogP contribution in [0.3, 0.4) is 0 Å². The average Bonchev–Trinajstić information content (AvgIpc) is 3.27. The summed E-state index contributed by atoms with van der Waals surface area (Å²) >= 11 is 0. The van der Waals surface area contributed by atoms with Crippen molar-refractivity contribution >= 4 is 18.3 Å². The van der Waals surface area contributed by atoms with Gasteiger partial charge in [-0.3, -0.25) is 19.4 Å². The molecule has 0 bridgehead atoms. The molecule has 3 heterocycles. The summed E-state index contributed by atoms with van der Waals surface area (Å²) < 4.78 is 13.4. The molecule has 158 valence electrons. The van der Waals surface area contributed by atoms with Gasteiger partial charge in [0.15, 0.2) is 0 Å². The number of hydrogen-bond acceptors (Lipinski definition) is 4. The highest BCUT2D eigenvalue weighted by Gasteiger charge is 2.49. The van der Waals surface area contributed by atoms with Crippen molar-refractivity contribution in [2.24, 2.45) is 11.8 Å². The summed E-state index contributed by atoms with van der Waals surface area (Å²) in [5, 5.41) is 6.89. The molecule has 3 atom stereocenters. The summed E-state index contributed by atoms with van der Waals surface area (Å²) in [6.45, 7) is 5.18. The van der Waals surface area contributed by atoms with E-state index in [1.165, 1.54) is 12.3 Å². The molecule has 2 amide bonds. The molecule has 0 unspecified atom stereocenters. The molecular weight excluding hydrogens is 389 g/mol. The van der Waals surface area contributed by atoms with Crippen LogP contribution in [0.5, 0.6) is 0 Å². The zero-order valence-electron chi connectivity index (χ0n) is 16.9. The van der Waals surface area contributed by atoms with Crippen molar-refractivity contribution in [3.05, 3.63) is 65.2 Å². The first-order chi connectivity index (χ1) is 14.4. The first kappa shape index (κ1) is 21.4. The Morgan fingerprint density at radius 1 is 1.20 bits per heavy atom. The van der Waals surface area contributed by atoms with Crippen LogP contribution >= 0.6 is 0 Å². The smallest absolute Gasteiger partial charge is 0.290 e. The van der Waals surface area contributed by atoms with E-state index in [9.17, 15) is 14.0 Å². The molecule has 0 saturated carbocycles. The molecule has 1 aromatic heterocycles. The van der Waals surface area contributed by atoms with Crippen LogP contribution in [0.15, 0.2) is 42.7 Å². The van der Waals surface area contributed by atoms with Crippen molar-refractivity contribution < 1.29 is 23.9 Å². The topological polar surface area (TPSA) is 90.8 Å². The number of hydrogen-bond donors (Lipinski definition) is 1. The highest BCUT2D eigenvalue weighted by Crippen LogP contribution is 2.46. The predicted octanol–water partition coefficient (Wildman–Crippen LogP) is 2.52. The van der Waals surface area contributed by atoms with E-state index in [2.05, 4.69) is 24.0 Å². The maximum absolute atomic E-state index is 13.4. The van der Waals surface area contributed by atoms with Crippen LogP contribution in [0.4, 0.5) is 4.39 Å². The summed E-state index contributed by atoms with van der Waals surface area (Å²) in [5.74, 6) is -0.246. The predicted molar refractivity (Wildman–Crippen MR) is 107 cm³/mol. The molecule has 1 aromatic carbocycles. The molecule has 4 rings (SSSR count). The number of rotatable bonds is 2. The van der Waals surface area contributed by atoms with Crippen LogP contribution in [0.1, 0.15) is 34.5 Å². The third-order valence-electron chi connectivity index (χ3n) is 5.81. The third-order valence-corrected chi connectivity index (χ3v) is 5.81. The van der Waals surface area contributed by atoms with Gasteiger partial charge in [0.2, 0.25) is 5.91 Å². The standard InChI is InChI=1S/C21H22FN3O2.CH2O2/c1-13-5-3-4-6-18(13)20-19-12-24(10-16(19)11-25(20)14(2)26)21(27)15-7-17(22)9-23-8-15;2-1-3/h3-9,16,19-20H,10-12H2,1-2H3;1H,(H,2,3)/t16-,19-,20+;/m1./s1. The van der Waals surface area contributed by atoms with Gasteiger partial charge in [-0.25, -0.2) is 4.39 Å². The number of aryl methyl sites for hydroxylation is 1. The molecular formula is C22H24FN3O4. The molecule has 2 aliphatic heterocycles. The van der Waals surface area contributed by atoms with Gasteiger partial charge >= 0.3 is 0 Å². The van der Waals surface area contributed by atoms with E-state index < -0.39 is 5.82 Å². The number of aromatic nitrogens is 1.